The highest BCUT2D eigenvalue weighted by Gasteiger charge is 2.20. The van der Waals surface area contributed by atoms with E-state index in [9.17, 15) is 14.4 Å². The third-order valence-electron chi connectivity index (χ3n) is 5.13. The van der Waals surface area contributed by atoms with Gasteiger partial charge in [0.15, 0.2) is 10.7 Å². The Morgan fingerprint density at radius 3 is 2.58 bits per heavy atom. The highest BCUT2D eigenvalue weighted by atomic mass is 32.1. The third-order valence-corrected chi connectivity index (χ3v) is 6.16. The number of nitrogens with zero attached hydrogens (tertiary/aromatic N) is 3. The number of hydrogen-bond donors (Lipinski definition) is 1. The van der Waals surface area contributed by atoms with Crippen molar-refractivity contribution in [3.63, 3.8) is 0 Å². The van der Waals surface area contributed by atoms with E-state index in [0.717, 1.165) is 0 Å². The van der Waals surface area contributed by atoms with Crippen LogP contribution in [0.1, 0.15) is 60.2 Å². The monoisotopic (exact) mass is 544 g/mol. The molecule has 1 aromatic carbocycles. The molecule has 2 amide bonds. The van der Waals surface area contributed by atoms with Crippen molar-refractivity contribution in [3.05, 3.63) is 52.0 Å². The summed E-state index contributed by atoms with van der Waals surface area (Å²) in [5, 5.41) is 2.66. The third kappa shape index (κ3) is 6.88. The van der Waals surface area contributed by atoms with Crippen molar-refractivity contribution >= 4 is 39.5 Å². The molecule has 0 aliphatic heterocycles. The fourth-order valence-corrected chi connectivity index (χ4v) is 4.65. The maximum absolute atomic E-state index is 13.1. The number of ether oxygens (including phenoxy) is 3. The second-order valence-electron chi connectivity index (χ2n) is 9.15. The Hall–Kier alpha value is -3.93. The number of fused-ring (bicyclic) bond motifs is 1. The van der Waals surface area contributed by atoms with Gasteiger partial charge in [-0.1, -0.05) is 30.4 Å². The standard InChI is InChI=1S/C26H32N4O7S/c1-8-17-21(36-15(2)28-17)22(31)29-24-30(12-10-9-11-27-25(33)37-26(3,4)5)20-18(34-6)13-16(23(32)35-7)14-19(20)38-24/h9-10,13-14H,8,11-12H2,1-7H3,(H,27,33)/b10-9+,29-24-. The number of aryl methyl sites for hydroxylation is 2. The topological polar surface area (TPSA) is 134 Å². The van der Waals surface area contributed by atoms with E-state index < -0.39 is 23.6 Å². The van der Waals surface area contributed by atoms with Gasteiger partial charge < -0.3 is 28.5 Å². The van der Waals surface area contributed by atoms with Gasteiger partial charge in [0.25, 0.3) is 0 Å². The molecule has 0 aliphatic carbocycles. The minimum atomic E-state index is -0.596. The van der Waals surface area contributed by atoms with E-state index in [-0.39, 0.29) is 12.3 Å². The lowest BCUT2D eigenvalue weighted by atomic mass is 10.2. The van der Waals surface area contributed by atoms with Crippen molar-refractivity contribution in [1.29, 1.82) is 0 Å². The zero-order chi connectivity index (χ0) is 28.0. The van der Waals surface area contributed by atoms with Crippen LogP contribution in [-0.4, -0.2) is 53.9 Å². The van der Waals surface area contributed by atoms with Crippen molar-refractivity contribution in [2.45, 2.75) is 53.2 Å². The van der Waals surface area contributed by atoms with Crippen molar-refractivity contribution < 1.29 is 33.0 Å². The average molecular weight is 545 g/mol. The first-order valence-electron chi connectivity index (χ1n) is 11.9. The Labute approximate surface area is 224 Å². The van der Waals surface area contributed by atoms with Crippen LogP contribution in [0.25, 0.3) is 10.2 Å². The van der Waals surface area contributed by atoms with Crippen molar-refractivity contribution in [2.75, 3.05) is 20.8 Å². The van der Waals surface area contributed by atoms with E-state index in [1.165, 1.54) is 25.6 Å². The summed E-state index contributed by atoms with van der Waals surface area (Å²) in [7, 11) is 2.79. The van der Waals surface area contributed by atoms with Crippen LogP contribution in [-0.2, 0) is 22.4 Å². The molecule has 0 radical (unpaired) electrons. The van der Waals surface area contributed by atoms with Crippen LogP contribution >= 0.6 is 11.3 Å². The molecular formula is C26H32N4O7S. The fraction of sp³-hybridized carbons (Fsp3) is 0.423. The molecule has 204 valence electrons. The molecule has 0 saturated heterocycles. The van der Waals surface area contributed by atoms with Crippen LogP contribution in [0.3, 0.4) is 0 Å². The number of esters is 1. The van der Waals surface area contributed by atoms with Gasteiger partial charge in [-0.05, 0) is 39.3 Å². The van der Waals surface area contributed by atoms with Crippen LogP contribution in [0, 0.1) is 6.92 Å². The number of amides is 2. The van der Waals surface area contributed by atoms with E-state index in [2.05, 4.69) is 15.3 Å². The minimum absolute atomic E-state index is 0.0910. The molecule has 1 N–H and O–H groups in total. The van der Waals surface area contributed by atoms with Gasteiger partial charge in [0.2, 0.25) is 5.76 Å². The number of thiazole rings is 1. The molecule has 0 spiro atoms. The normalized spacial score (nSPS) is 12.2. The number of carbonyl (C=O) groups is 3. The number of carbonyl (C=O) groups excluding carboxylic acids is 3. The molecule has 2 heterocycles. The molecule has 3 rings (SSSR count). The van der Waals surface area contributed by atoms with Crippen molar-refractivity contribution in [3.8, 4) is 5.75 Å². The molecule has 11 nitrogen and oxygen atoms in total. The Kier molecular flexibility index (Phi) is 9.10. The quantitative estimate of drug-likeness (QED) is 0.330. The Morgan fingerprint density at radius 1 is 1.21 bits per heavy atom. The van der Waals surface area contributed by atoms with Gasteiger partial charge in [-0.3, -0.25) is 4.79 Å². The molecular weight excluding hydrogens is 512 g/mol. The zero-order valence-corrected chi connectivity index (χ0v) is 23.4. The van der Waals surface area contributed by atoms with E-state index in [4.69, 9.17) is 18.6 Å². The van der Waals surface area contributed by atoms with Crippen LogP contribution in [0.2, 0.25) is 0 Å². The van der Waals surface area contributed by atoms with Crippen LogP contribution in [0.4, 0.5) is 4.79 Å². The molecule has 0 unspecified atom stereocenters. The first-order chi connectivity index (χ1) is 18.0. The fourth-order valence-electron chi connectivity index (χ4n) is 3.55. The molecule has 0 atom stereocenters. The van der Waals surface area contributed by atoms with Crippen molar-refractivity contribution in [1.82, 2.24) is 14.9 Å². The SMILES string of the molecule is CCc1nc(C)oc1C(=O)/N=c1\sc2cc(C(=O)OC)cc(OC)c2n1C/C=C/CNC(=O)OC(C)(C)C. The summed E-state index contributed by atoms with van der Waals surface area (Å²) in [4.78, 5) is 46.1. The highest BCUT2D eigenvalue weighted by Crippen LogP contribution is 2.30. The number of aromatic nitrogens is 2. The minimum Gasteiger partial charge on any atom is -0.494 e. The maximum Gasteiger partial charge on any atom is 0.407 e. The molecule has 0 aliphatic rings. The van der Waals surface area contributed by atoms with Gasteiger partial charge in [-0.15, -0.1) is 0 Å². The number of methoxy groups -OCH3 is 2. The van der Waals surface area contributed by atoms with E-state index >= 15 is 0 Å². The molecule has 2 aromatic heterocycles. The summed E-state index contributed by atoms with van der Waals surface area (Å²) >= 11 is 1.22. The summed E-state index contributed by atoms with van der Waals surface area (Å²) in [6, 6.07) is 3.24. The number of oxazole rings is 1. The lowest BCUT2D eigenvalue weighted by molar-refractivity contribution is 0.0532. The molecule has 0 bridgehead atoms. The van der Waals surface area contributed by atoms with Gasteiger partial charge >= 0.3 is 18.0 Å². The number of alkyl carbamates (subject to hydrolysis) is 1. The van der Waals surface area contributed by atoms with Gasteiger partial charge in [0.05, 0.1) is 30.2 Å². The summed E-state index contributed by atoms with van der Waals surface area (Å²) in [6.07, 6.45) is 3.57. The highest BCUT2D eigenvalue weighted by molar-refractivity contribution is 7.16. The van der Waals surface area contributed by atoms with Crippen molar-refractivity contribution in [2.24, 2.45) is 4.99 Å². The zero-order valence-electron chi connectivity index (χ0n) is 22.5. The smallest absolute Gasteiger partial charge is 0.407 e. The number of hydrogen-bond acceptors (Lipinski definition) is 9. The lowest BCUT2D eigenvalue weighted by Gasteiger charge is -2.19. The molecule has 38 heavy (non-hydrogen) atoms. The lowest BCUT2D eigenvalue weighted by Crippen LogP contribution is -2.32. The van der Waals surface area contributed by atoms with E-state index in [1.54, 1.807) is 50.5 Å². The summed E-state index contributed by atoms with van der Waals surface area (Å²) < 4.78 is 23.7. The number of rotatable bonds is 8. The van der Waals surface area contributed by atoms with Crippen LogP contribution in [0.5, 0.6) is 5.75 Å². The van der Waals surface area contributed by atoms with Crippen LogP contribution < -0.4 is 14.9 Å². The van der Waals surface area contributed by atoms with E-state index in [1.807, 2.05) is 13.0 Å². The van der Waals surface area contributed by atoms with Gasteiger partial charge in [-0.25, -0.2) is 14.6 Å². The first-order valence-corrected chi connectivity index (χ1v) is 12.8. The number of allylic oxidation sites excluding steroid dienone is 1. The van der Waals surface area contributed by atoms with Gasteiger partial charge in [0.1, 0.15) is 16.9 Å². The predicted octanol–water partition coefficient (Wildman–Crippen LogP) is 4.18. The summed E-state index contributed by atoms with van der Waals surface area (Å²) in [5.74, 6) is -0.191. The molecule has 0 saturated carbocycles. The van der Waals surface area contributed by atoms with Crippen LogP contribution in [0.15, 0.2) is 33.7 Å². The maximum atomic E-state index is 13.1. The summed E-state index contributed by atoms with van der Waals surface area (Å²) in [6.45, 7) is 9.45. The van der Waals surface area contributed by atoms with Gasteiger partial charge in [0, 0.05) is 20.0 Å². The van der Waals surface area contributed by atoms with E-state index in [0.29, 0.717) is 50.9 Å². The Balaban J connectivity index is 2.02. The largest absolute Gasteiger partial charge is 0.494 e. The second-order valence-corrected chi connectivity index (χ2v) is 10.2. The second kappa shape index (κ2) is 12.1. The number of nitrogens with one attached hydrogen (secondary N) is 1. The Bertz CT molecular complexity index is 1440. The molecule has 0 fully saturated rings. The first kappa shape index (κ1) is 28.6. The Morgan fingerprint density at radius 2 is 1.95 bits per heavy atom. The average Bonchev–Trinajstić information content (AvgIpc) is 3.41. The van der Waals surface area contributed by atoms with Gasteiger partial charge in [-0.2, -0.15) is 4.99 Å². The molecule has 12 heteroatoms. The molecule has 3 aromatic rings. The predicted molar refractivity (Wildman–Crippen MR) is 142 cm³/mol. The summed E-state index contributed by atoms with van der Waals surface area (Å²) in [5.41, 5.74) is 0.884. The number of benzene rings is 1.